The molecule has 17 heavy (non-hydrogen) atoms. The number of hydrogen-bond donors (Lipinski definition) is 1. The smallest absolute Gasteiger partial charge is 0.331 e. The van der Waals surface area contributed by atoms with Gasteiger partial charge in [-0.25, -0.2) is 4.79 Å². The molecule has 1 fully saturated rings. The molecule has 2 rings (SSSR count). The molecular formula is C15H22O2. The minimum Gasteiger partial charge on any atom is -0.478 e. The summed E-state index contributed by atoms with van der Waals surface area (Å²) in [6, 6.07) is 0. The van der Waals surface area contributed by atoms with E-state index in [9.17, 15) is 4.79 Å². The Hall–Kier alpha value is -1.05. The van der Waals surface area contributed by atoms with E-state index in [1.165, 1.54) is 12.0 Å². The lowest BCUT2D eigenvalue weighted by molar-refractivity contribution is -0.133. The SMILES string of the molecule is C=C1CC/C=C(/C(=O)O)CC[C@H]2[C@@H]1CC2(C)C. The molecule has 2 aliphatic carbocycles. The zero-order valence-electron chi connectivity index (χ0n) is 10.8. The van der Waals surface area contributed by atoms with Crippen LogP contribution in [0.2, 0.25) is 0 Å². The van der Waals surface area contributed by atoms with Crippen molar-refractivity contribution in [2.75, 3.05) is 0 Å². The maximum Gasteiger partial charge on any atom is 0.331 e. The van der Waals surface area contributed by atoms with Gasteiger partial charge in [-0.1, -0.05) is 32.1 Å². The third-order valence-electron chi connectivity index (χ3n) is 4.62. The van der Waals surface area contributed by atoms with Gasteiger partial charge in [-0.05, 0) is 49.4 Å². The molecule has 0 unspecified atom stereocenters. The molecule has 2 nitrogen and oxygen atoms in total. The van der Waals surface area contributed by atoms with Gasteiger partial charge >= 0.3 is 5.97 Å². The van der Waals surface area contributed by atoms with Crippen molar-refractivity contribution in [3.05, 3.63) is 23.8 Å². The minimum absolute atomic E-state index is 0.363. The number of carboxylic acids is 1. The van der Waals surface area contributed by atoms with E-state index in [0.717, 1.165) is 19.3 Å². The van der Waals surface area contributed by atoms with Gasteiger partial charge in [-0.3, -0.25) is 0 Å². The molecule has 0 heterocycles. The van der Waals surface area contributed by atoms with E-state index in [1.54, 1.807) is 0 Å². The van der Waals surface area contributed by atoms with Gasteiger partial charge < -0.3 is 5.11 Å². The topological polar surface area (TPSA) is 37.3 Å². The fourth-order valence-electron chi connectivity index (χ4n) is 3.49. The Labute approximate surface area is 103 Å². The molecule has 0 aromatic carbocycles. The molecule has 2 atom stereocenters. The molecule has 0 aromatic rings. The average molecular weight is 234 g/mol. The quantitative estimate of drug-likeness (QED) is 0.701. The van der Waals surface area contributed by atoms with Crippen LogP contribution in [0.1, 0.15) is 46.0 Å². The third kappa shape index (κ3) is 2.31. The number of rotatable bonds is 1. The van der Waals surface area contributed by atoms with Gasteiger partial charge in [0.25, 0.3) is 0 Å². The number of hydrogen-bond acceptors (Lipinski definition) is 1. The van der Waals surface area contributed by atoms with Crippen LogP contribution in [0.3, 0.4) is 0 Å². The molecule has 1 N–H and O–H groups in total. The van der Waals surface area contributed by atoms with Gasteiger partial charge in [0.2, 0.25) is 0 Å². The Balaban J connectivity index is 2.15. The molecule has 0 spiro atoms. The van der Waals surface area contributed by atoms with Gasteiger partial charge in [0.05, 0.1) is 0 Å². The van der Waals surface area contributed by atoms with E-state index in [4.69, 9.17) is 5.11 Å². The number of aliphatic carboxylic acids is 1. The first kappa shape index (κ1) is 12.4. The van der Waals surface area contributed by atoms with Crippen molar-refractivity contribution in [2.24, 2.45) is 17.3 Å². The highest BCUT2D eigenvalue weighted by atomic mass is 16.4. The first-order valence-electron chi connectivity index (χ1n) is 6.52. The zero-order chi connectivity index (χ0) is 12.6. The van der Waals surface area contributed by atoms with Crippen LogP contribution in [0.25, 0.3) is 0 Å². The molecule has 94 valence electrons. The maximum atomic E-state index is 11.1. The fourth-order valence-corrected chi connectivity index (χ4v) is 3.49. The summed E-state index contributed by atoms with van der Waals surface area (Å²) in [5, 5.41) is 9.12. The van der Waals surface area contributed by atoms with Gasteiger partial charge in [-0.2, -0.15) is 0 Å². The van der Waals surface area contributed by atoms with E-state index < -0.39 is 5.97 Å². The molecule has 0 saturated heterocycles. The Morgan fingerprint density at radius 2 is 2.18 bits per heavy atom. The van der Waals surface area contributed by atoms with Crippen molar-refractivity contribution in [1.29, 1.82) is 0 Å². The Morgan fingerprint density at radius 1 is 1.47 bits per heavy atom. The standard InChI is InChI=1S/C15H22O2/c1-10-5-4-6-11(14(16)17)7-8-13-12(10)9-15(13,2)3/h6,12-13H,1,4-5,7-9H2,2-3H3,(H,16,17)/b11-6+/t12-,13+/m1/s1. The van der Waals surface area contributed by atoms with Gasteiger partial charge in [0, 0.05) is 5.57 Å². The number of carboxylic acid groups (broad SMARTS) is 1. The molecule has 0 bridgehead atoms. The van der Waals surface area contributed by atoms with Crippen LogP contribution in [0.4, 0.5) is 0 Å². The normalized spacial score (nSPS) is 35.4. The maximum absolute atomic E-state index is 11.1. The highest BCUT2D eigenvalue weighted by Gasteiger charge is 2.47. The van der Waals surface area contributed by atoms with Crippen molar-refractivity contribution >= 4 is 5.97 Å². The summed E-state index contributed by atoms with van der Waals surface area (Å²) < 4.78 is 0. The van der Waals surface area contributed by atoms with Crippen LogP contribution in [0.15, 0.2) is 23.8 Å². The fraction of sp³-hybridized carbons (Fsp3) is 0.667. The Bertz CT molecular complexity index is 376. The van der Waals surface area contributed by atoms with Crippen molar-refractivity contribution in [3.63, 3.8) is 0 Å². The van der Waals surface area contributed by atoms with Crippen molar-refractivity contribution in [3.8, 4) is 0 Å². The second-order valence-electron chi connectivity index (χ2n) is 6.18. The van der Waals surface area contributed by atoms with E-state index in [0.29, 0.717) is 29.2 Å². The second-order valence-corrected chi connectivity index (χ2v) is 6.18. The molecule has 2 aliphatic rings. The summed E-state index contributed by atoms with van der Waals surface area (Å²) in [6.07, 6.45) is 6.62. The molecule has 0 aromatic heterocycles. The van der Waals surface area contributed by atoms with E-state index >= 15 is 0 Å². The van der Waals surface area contributed by atoms with Crippen LogP contribution in [-0.2, 0) is 4.79 Å². The summed E-state index contributed by atoms with van der Waals surface area (Å²) in [5.74, 6) is 0.508. The van der Waals surface area contributed by atoms with Crippen LogP contribution < -0.4 is 0 Å². The lowest BCUT2D eigenvalue weighted by Crippen LogP contribution is -2.44. The zero-order valence-corrected chi connectivity index (χ0v) is 10.8. The molecule has 1 saturated carbocycles. The summed E-state index contributed by atoms with van der Waals surface area (Å²) in [6.45, 7) is 8.79. The summed E-state index contributed by atoms with van der Waals surface area (Å²) in [5.41, 5.74) is 2.29. The lowest BCUT2D eigenvalue weighted by Gasteiger charge is -2.53. The highest BCUT2D eigenvalue weighted by Crippen LogP contribution is 2.56. The largest absolute Gasteiger partial charge is 0.478 e. The highest BCUT2D eigenvalue weighted by molar-refractivity contribution is 5.86. The van der Waals surface area contributed by atoms with Gasteiger partial charge in [0.15, 0.2) is 0 Å². The first-order chi connectivity index (χ1) is 7.92. The predicted molar refractivity (Wildman–Crippen MR) is 68.7 cm³/mol. The van der Waals surface area contributed by atoms with Crippen LogP contribution in [0.5, 0.6) is 0 Å². The van der Waals surface area contributed by atoms with Crippen LogP contribution in [0, 0.1) is 17.3 Å². The molecule has 2 heteroatoms. The second kappa shape index (κ2) is 4.32. The third-order valence-corrected chi connectivity index (χ3v) is 4.62. The van der Waals surface area contributed by atoms with Gasteiger partial charge in [0.1, 0.15) is 0 Å². The van der Waals surface area contributed by atoms with Crippen molar-refractivity contribution < 1.29 is 9.90 Å². The van der Waals surface area contributed by atoms with Crippen molar-refractivity contribution in [1.82, 2.24) is 0 Å². The van der Waals surface area contributed by atoms with Crippen LogP contribution in [-0.4, -0.2) is 11.1 Å². The van der Waals surface area contributed by atoms with E-state index in [-0.39, 0.29) is 0 Å². The molecule has 0 aliphatic heterocycles. The summed E-state index contributed by atoms with van der Waals surface area (Å²) >= 11 is 0. The number of allylic oxidation sites excluding steroid dienone is 2. The monoisotopic (exact) mass is 234 g/mol. The van der Waals surface area contributed by atoms with E-state index in [2.05, 4.69) is 20.4 Å². The average Bonchev–Trinajstić information content (AvgIpc) is 2.28. The molecule has 0 amide bonds. The van der Waals surface area contributed by atoms with E-state index in [1.807, 2.05) is 6.08 Å². The molecule has 0 radical (unpaired) electrons. The van der Waals surface area contributed by atoms with Gasteiger partial charge in [-0.15, -0.1) is 0 Å². The van der Waals surface area contributed by atoms with Crippen LogP contribution >= 0.6 is 0 Å². The Kier molecular flexibility index (Phi) is 3.15. The Morgan fingerprint density at radius 3 is 2.76 bits per heavy atom. The number of fused-ring (bicyclic) bond motifs is 1. The number of carbonyl (C=O) groups is 1. The summed E-state index contributed by atoms with van der Waals surface area (Å²) in [7, 11) is 0. The first-order valence-corrected chi connectivity index (χ1v) is 6.52. The predicted octanol–water partition coefficient (Wildman–Crippen LogP) is 3.79. The minimum atomic E-state index is -0.744. The molecular weight excluding hydrogens is 212 g/mol. The lowest BCUT2D eigenvalue weighted by atomic mass is 9.52. The van der Waals surface area contributed by atoms with Crippen molar-refractivity contribution in [2.45, 2.75) is 46.0 Å². The summed E-state index contributed by atoms with van der Waals surface area (Å²) in [4.78, 5) is 11.1.